The second kappa shape index (κ2) is 6.63. The van der Waals surface area contributed by atoms with Gasteiger partial charge in [0.15, 0.2) is 0 Å². The van der Waals surface area contributed by atoms with Crippen molar-refractivity contribution in [2.75, 3.05) is 6.54 Å². The van der Waals surface area contributed by atoms with Crippen molar-refractivity contribution < 1.29 is 4.79 Å². The van der Waals surface area contributed by atoms with Gasteiger partial charge < -0.3 is 11.1 Å². The van der Waals surface area contributed by atoms with Crippen molar-refractivity contribution in [3.8, 4) is 0 Å². The molecular weight excluding hydrogens is 292 g/mol. The number of fused-ring (bicyclic) bond motifs is 1. The topological polar surface area (TPSA) is 55.1 Å². The molecular formula is C18H22N2OS. The Bertz CT molecular complexity index is 650. The maximum Gasteiger partial charge on any atom is 0.261 e. The smallest absolute Gasteiger partial charge is 0.261 e. The molecule has 3 rings (SSSR count). The molecule has 22 heavy (non-hydrogen) atoms. The Kier molecular flexibility index (Phi) is 4.60. The van der Waals surface area contributed by atoms with Crippen LogP contribution in [-0.4, -0.2) is 12.5 Å². The van der Waals surface area contributed by atoms with E-state index in [2.05, 4.69) is 18.3 Å². The lowest BCUT2D eigenvalue weighted by atomic mass is 9.90. The Morgan fingerprint density at radius 1 is 1.41 bits per heavy atom. The number of amides is 1. The van der Waals surface area contributed by atoms with Crippen LogP contribution in [0.1, 0.15) is 45.1 Å². The first-order chi connectivity index (χ1) is 10.6. The molecule has 116 valence electrons. The Morgan fingerprint density at radius 3 is 2.95 bits per heavy atom. The van der Waals surface area contributed by atoms with Crippen molar-refractivity contribution in [3.05, 3.63) is 57.3 Å². The van der Waals surface area contributed by atoms with E-state index in [0.29, 0.717) is 6.54 Å². The first-order valence-corrected chi connectivity index (χ1v) is 8.65. The van der Waals surface area contributed by atoms with Gasteiger partial charge in [-0.3, -0.25) is 4.79 Å². The van der Waals surface area contributed by atoms with Crippen LogP contribution in [0.25, 0.3) is 0 Å². The van der Waals surface area contributed by atoms with Crippen molar-refractivity contribution in [2.24, 2.45) is 11.7 Å². The maximum absolute atomic E-state index is 12.3. The summed E-state index contributed by atoms with van der Waals surface area (Å²) in [7, 11) is 0. The summed E-state index contributed by atoms with van der Waals surface area (Å²) in [6.07, 6.45) is 3.44. The van der Waals surface area contributed by atoms with Crippen LogP contribution >= 0.6 is 11.3 Å². The number of carbonyl (C=O) groups is 1. The number of hydrogen-bond acceptors (Lipinski definition) is 3. The summed E-state index contributed by atoms with van der Waals surface area (Å²) in [6, 6.07) is 11.8. The molecule has 2 unspecified atom stereocenters. The molecule has 1 aliphatic carbocycles. The van der Waals surface area contributed by atoms with Crippen LogP contribution in [0.2, 0.25) is 0 Å². The summed E-state index contributed by atoms with van der Waals surface area (Å²) in [6.45, 7) is 2.74. The summed E-state index contributed by atoms with van der Waals surface area (Å²) in [4.78, 5) is 14.5. The van der Waals surface area contributed by atoms with Gasteiger partial charge in [0.2, 0.25) is 0 Å². The maximum atomic E-state index is 12.3. The van der Waals surface area contributed by atoms with Crippen molar-refractivity contribution >= 4 is 17.2 Å². The number of rotatable bonds is 4. The zero-order valence-corrected chi connectivity index (χ0v) is 13.7. The summed E-state index contributed by atoms with van der Waals surface area (Å²) >= 11 is 1.64. The number of nitrogens with one attached hydrogen (secondary N) is 1. The van der Waals surface area contributed by atoms with Gasteiger partial charge in [-0.2, -0.15) is 0 Å². The fourth-order valence-electron chi connectivity index (χ4n) is 2.93. The van der Waals surface area contributed by atoms with Crippen LogP contribution in [0.5, 0.6) is 0 Å². The number of nitrogens with two attached hydrogens (primary N) is 1. The van der Waals surface area contributed by atoms with Crippen LogP contribution in [0.4, 0.5) is 0 Å². The molecule has 4 heteroatoms. The summed E-state index contributed by atoms with van der Waals surface area (Å²) in [5.74, 6) is 0.725. The van der Waals surface area contributed by atoms with Gasteiger partial charge in [0.1, 0.15) is 0 Å². The van der Waals surface area contributed by atoms with E-state index in [4.69, 9.17) is 5.73 Å². The van der Waals surface area contributed by atoms with Crippen LogP contribution in [0, 0.1) is 5.92 Å². The number of thiophene rings is 1. The highest BCUT2D eigenvalue weighted by Gasteiger charge is 2.20. The van der Waals surface area contributed by atoms with Gasteiger partial charge in [0.05, 0.1) is 4.88 Å². The summed E-state index contributed by atoms with van der Waals surface area (Å²) in [5, 5.41) is 2.96. The van der Waals surface area contributed by atoms with Gasteiger partial charge in [0.25, 0.3) is 5.91 Å². The molecule has 0 spiro atoms. The molecule has 1 heterocycles. The molecule has 0 fully saturated rings. The van der Waals surface area contributed by atoms with Crippen LogP contribution < -0.4 is 11.1 Å². The second-order valence-electron chi connectivity index (χ2n) is 6.13. The molecule has 1 aromatic heterocycles. The minimum atomic E-state index is -0.167. The highest BCUT2D eigenvalue weighted by molar-refractivity contribution is 7.14. The van der Waals surface area contributed by atoms with E-state index in [1.54, 1.807) is 11.3 Å². The average molecular weight is 314 g/mol. The fraction of sp³-hybridized carbons (Fsp3) is 0.389. The third-order valence-corrected chi connectivity index (χ3v) is 5.50. The van der Waals surface area contributed by atoms with Gasteiger partial charge in [-0.05, 0) is 42.4 Å². The van der Waals surface area contributed by atoms with Gasteiger partial charge in [-0.25, -0.2) is 0 Å². The first kappa shape index (κ1) is 15.3. The van der Waals surface area contributed by atoms with E-state index < -0.39 is 0 Å². The van der Waals surface area contributed by atoms with E-state index in [1.807, 2.05) is 30.3 Å². The lowest BCUT2D eigenvalue weighted by molar-refractivity contribution is 0.0955. The molecule has 0 saturated carbocycles. The van der Waals surface area contributed by atoms with E-state index in [9.17, 15) is 4.79 Å². The Hall–Kier alpha value is -1.65. The van der Waals surface area contributed by atoms with E-state index >= 15 is 0 Å². The molecule has 1 aliphatic rings. The number of carbonyl (C=O) groups excluding carboxylic acids is 1. The van der Waals surface area contributed by atoms with Crippen molar-refractivity contribution in [1.29, 1.82) is 0 Å². The van der Waals surface area contributed by atoms with Crippen molar-refractivity contribution in [3.63, 3.8) is 0 Å². The number of hydrogen-bond donors (Lipinski definition) is 2. The largest absolute Gasteiger partial charge is 0.349 e. The Balaban J connectivity index is 1.61. The summed E-state index contributed by atoms with van der Waals surface area (Å²) < 4.78 is 0. The normalized spacial score (nSPS) is 18.5. The molecule has 0 radical (unpaired) electrons. The molecule has 3 nitrogen and oxygen atoms in total. The van der Waals surface area contributed by atoms with Gasteiger partial charge >= 0.3 is 0 Å². The number of aryl methyl sites for hydroxylation is 1. The molecule has 3 N–H and O–H groups in total. The molecule has 0 bridgehead atoms. The molecule has 0 aliphatic heterocycles. The quantitative estimate of drug-likeness (QED) is 0.910. The van der Waals surface area contributed by atoms with Crippen molar-refractivity contribution in [2.45, 2.75) is 32.2 Å². The highest BCUT2D eigenvalue weighted by atomic mass is 32.1. The molecule has 0 saturated heterocycles. The second-order valence-corrected chi connectivity index (χ2v) is 7.27. The number of benzene rings is 1. The van der Waals surface area contributed by atoms with E-state index in [1.165, 1.54) is 16.9 Å². The minimum absolute atomic E-state index is 0.00145. The molecule has 1 amide bonds. The standard InChI is InChI=1S/C18H22N2OS/c1-12-7-8-16-14(9-12)10-17(22-16)18(21)20-11-15(19)13-5-3-2-4-6-13/h2-6,10,12,15H,7-9,11,19H2,1H3,(H,20,21). The predicted octanol–water partition coefficient (Wildman–Crippen LogP) is 3.30. The van der Waals surface area contributed by atoms with Gasteiger partial charge in [-0.15, -0.1) is 11.3 Å². The van der Waals surface area contributed by atoms with Crippen molar-refractivity contribution in [1.82, 2.24) is 5.32 Å². The fourth-order valence-corrected chi connectivity index (χ4v) is 4.05. The van der Waals surface area contributed by atoms with E-state index in [0.717, 1.165) is 29.2 Å². The third-order valence-electron chi connectivity index (χ3n) is 4.26. The van der Waals surface area contributed by atoms with Crippen LogP contribution in [0.3, 0.4) is 0 Å². The zero-order valence-electron chi connectivity index (χ0n) is 12.8. The highest BCUT2D eigenvalue weighted by Crippen LogP contribution is 2.32. The molecule has 1 aromatic carbocycles. The van der Waals surface area contributed by atoms with Gasteiger partial charge in [-0.1, -0.05) is 37.3 Å². The lowest BCUT2D eigenvalue weighted by Crippen LogP contribution is -2.31. The molecule has 2 aromatic rings. The molecule has 2 atom stereocenters. The van der Waals surface area contributed by atoms with E-state index in [-0.39, 0.29) is 11.9 Å². The minimum Gasteiger partial charge on any atom is -0.349 e. The Labute approximate surface area is 135 Å². The van der Waals surface area contributed by atoms with Crippen LogP contribution in [0.15, 0.2) is 36.4 Å². The third kappa shape index (κ3) is 3.39. The average Bonchev–Trinajstić information content (AvgIpc) is 2.96. The summed E-state index contributed by atoms with van der Waals surface area (Å²) in [5.41, 5.74) is 8.53. The SMILES string of the molecule is CC1CCc2sc(C(=O)NCC(N)c3ccccc3)cc2C1. The Morgan fingerprint density at radius 2 is 2.18 bits per heavy atom. The monoisotopic (exact) mass is 314 g/mol. The first-order valence-electron chi connectivity index (χ1n) is 7.84. The predicted molar refractivity (Wildman–Crippen MR) is 91.2 cm³/mol. The van der Waals surface area contributed by atoms with Gasteiger partial charge in [0, 0.05) is 17.5 Å². The van der Waals surface area contributed by atoms with Crippen LogP contribution in [-0.2, 0) is 12.8 Å². The lowest BCUT2D eigenvalue weighted by Gasteiger charge is -2.16. The zero-order chi connectivity index (χ0) is 15.5.